The number of carbonyl (C=O) groups is 2. The summed E-state index contributed by atoms with van der Waals surface area (Å²) >= 11 is 0. The highest BCUT2D eigenvalue weighted by Crippen LogP contribution is 2.12. The number of hydrogen-bond donors (Lipinski definition) is 3. The molecule has 6 nitrogen and oxygen atoms in total. The van der Waals surface area contributed by atoms with Gasteiger partial charge in [-0.15, -0.1) is 0 Å². The number of phenolic OH excluding ortho intramolecular Hbond substituents is 1. The number of amides is 2. The Balaban J connectivity index is 2.43. The molecule has 0 radical (unpaired) electrons. The Morgan fingerprint density at radius 1 is 1.23 bits per heavy atom. The summed E-state index contributed by atoms with van der Waals surface area (Å²) in [6.07, 6.45) is 4.00. The zero-order chi connectivity index (χ0) is 16.4. The number of benzene rings is 1. The van der Waals surface area contributed by atoms with Crippen LogP contribution in [0.5, 0.6) is 5.75 Å². The van der Waals surface area contributed by atoms with E-state index in [1.807, 2.05) is 6.07 Å². The van der Waals surface area contributed by atoms with Gasteiger partial charge in [0.15, 0.2) is 0 Å². The quantitative estimate of drug-likeness (QED) is 0.383. The molecule has 0 bridgehead atoms. The van der Waals surface area contributed by atoms with Crippen LogP contribution < -0.4 is 11.1 Å². The number of nitrogens with two attached hydrogens (primary N) is 1. The van der Waals surface area contributed by atoms with Gasteiger partial charge in [-0.05, 0) is 36.6 Å². The molecule has 0 saturated carbocycles. The van der Waals surface area contributed by atoms with E-state index in [0.29, 0.717) is 24.9 Å². The Morgan fingerprint density at radius 3 is 2.50 bits per heavy atom. The first-order valence-electron chi connectivity index (χ1n) is 7.00. The summed E-state index contributed by atoms with van der Waals surface area (Å²) in [4.78, 5) is 22.4. The minimum atomic E-state index is -0.439. The summed E-state index contributed by atoms with van der Waals surface area (Å²) in [6, 6.07) is 8.05. The van der Waals surface area contributed by atoms with Crippen molar-refractivity contribution < 1.29 is 14.7 Å². The summed E-state index contributed by atoms with van der Waals surface area (Å²) in [7, 11) is 0. The van der Waals surface area contributed by atoms with Crippen LogP contribution in [0.2, 0.25) is 0 Å². The third-order valence-corrected chi connectivity index (χ3v) is 2.95. The van der Waals surface area contributed by atoms with Gasteiger partial charge < -0.3 is 16.2 Å². The lowest BCUT2D eigenvalue weighted by atomic mass is 10.1. The van der Waals surface area contributed by atoms with Crippen molar-refractivity contribution in [3.63, 3.8) is 0 Å². The fraction of sp³-hybridized carbons (Fsp3) is 0.312. The highest BCUT2D eigenvalue weighted by atomic mass is 16.3. The van der Waals surface area contributed by atoms with Crippen molar-refractivity contribution in [2.24, 2.45) is 5.73 Å². The molecule has 1 aromatic carbocycles. The van der Waals surface area contributed by atoms with Crippen molar-refractivity contribution in [1.82, 2.24) is 5.32 Å². The Hall–Kier alpha value is -2.81. The molecule has 0 unspecified atom stereocenters. The van der Waals surface area contributed by atoms with Crippen molar-refractivity contribution in [3.8, 4) is 11.8 Å². The van der Waals surface area contributed by atoms with E-state index in [2.05, 4.69) is 5.32 Å². The van der Waals surface area contributed by atoms with E-state index < -0.39 is 5.91 Å². The van der Waals surface area contributed by atoms with Gasteiger partial charge in [0.1, 0.15) is 17.4 Å². The summed E-state index contributed by atoms with van der Waals surface area (Å²) in [5.74, 6) is -0.644. The predicted octanol–water partition coefficient (Wildman–Crippen LogP) is 1.46. The molecule has 22 heavy (non-hydrogen) atoms. The fourth-order valence-electron chi connectivity index (χ4n) is 1.78. The maximum Gasteiger partial charge on any atom is 0.261 e. The van der Waals surface area contributed by atoms with Crippen LogP contribution in [0.25, 0.3) is 6.08 Å². The largest absolute Gasteiger partial charge is 0.508 e. The highest BCUT2D eigenvalue weighted by Gasteiger charge is 2.08. The van der Waals surface area contributed by atoms with Crippen LogP contribution in [0.4, 0.5) is 0 Å². The molecule has 0 spiro atoms. The molecule has 0 aliphatic heterocycles. The third kappa shape index (κ3) is 6.57. The molecule has 0 atom stereocenters. The number of nitriles is 1. The van der Waals surface area contributed by atoms with Crippen molar-refractivity contribution in [2.75, 3.05) is 6.54 Å². The van der Waals surface area contributed by atoms with Crippen LogP contribution >= 0.6 is 0 Å². The first kappa shape index (κ1) is 17.2. The molecule has 0 aromatic heterocycles. The molecule has 0 fully saturated rings. The topological polar surface area (TPSA) is 116 Å². The molecular weight excluding hydrogens is 282 g/mol. The Kier molecular flexibility index (Phi) is 7.20. The van der Waals surface area contributed by atoms with Gasteiger partial charge in [0.2, 0.25) is 5.91 Å². The van der Waals surface area contributed by atoms with E-state index in [-0.39, 0.29) is 17.2 Å². The van der Waals surface area contributed by atoms with Gasteiger partial charge in [0.25, 0.3) is 5.91 Å². The van der Waals surface area contributed by atoms with Gasteiger partial charge in [-0.25, -0.2) is 0 Å². The molecule has 116 valence electrons. The van der Waals surface area contributed by atoms with Crippen LogP contribution in [-0.2, 0) is 9.59 Å². The van der Waals surface area contributed by atoms with Gasteiger partial charge in [-0.3, -0.25) is 9.59 Å². The molecular formula is C16H19N3O3. The maximum absolute atomic E-state index is 11.9. The SMILES string of the molecule is N#C/C(=C\c1ccc(O)cc1)C(=O)NCCCCCC(N)=O. The molecule has 6 heteroatoms. The number of phenols is 1. The smallest absolute Gasteiger partial charge is 0.261 e. The number of rotatable bonds is 8. The molecule has 2 amide bonds. The van der Waals surface area contributed by atoms with Crippen LogP contribution in [0.15, 0.2) is 29.8 Å². The maximum atomic E-state index is 11.9. The average Bonchev–Trinajstić information content (AvgIpc) is 2.49. The lowest BCUT2D eigenvalue weighted by molar-refractivity contribution is -0.118. The number of primary amides is 1. The first-order valence-corrected chi connectivity index (χ1v) is 7.00. The Morgan fingerprint density at radius 2 is 1.91 bits per heavy atom. The third-order valence-electron chi connectivity index (χ3n) is 2.95. The van der Waals surface area contributed by atoms with Gasteiger partial charge in [-0.1, -0.05) is 18.6 Å². The summed E-state index contributed by atoms with van der Waals surface area (Å²) < 4.78 is 0. The van der Waals surface area contributed by atoms with E-state index in [1.165, 1.54) is 18.2 Å². The van der Waals surface area contributed by atoms with Gasteiger partial charge in [0, 0.05) is 13.0 Å². The minimum Gasteiger partial charge on any atom is -0.508 e. The second kappa shape index (κ2) is 9.19. The Labute approximate surface area is 129 Å². The standard InChI is InChI=1S/C16H19N3O3/c17-11-13(10-12-5-7-14(20)8-6-12)16(22)19-9-3-1-2-4-15(18)21/h5-8,10,20H,1-4,9H2,(H2,18,21)(H,19,22)/b13-10+. The van der Waals surface area contributed by atoms with Crippen LogP contribution in [0.1, 0.15) is 31.2 Å². The van der Waals surface area contributed by atoms with Crippen molar-refractivity contribution in [2.45, 2.75) is 25.7 Å². The average molecular weight is 301 g/mol. The Bertz CT molecular complexity index is 586. The first-order chi connectivity index (χ1) is 10.5. The lowest BCUT2D eigenvalue weighted by Crippen LogP contribution is -2.25. The summed E-state index contributed by atoms with van der Waals surface area (Å²) in [5.41, 5.74) is 5.69. The van der Waals surface area contributed by atoms with E-state index in [9.17, 15) is 14.7 Å². The second-order valence-corrected chi connectivity index (χ2v) is 4.79. The van der Waals surface area contributed by atoms with E-state index >= 15 is 0 Å². The molecule has 0 aliphatic carbocycles. The molecule has 4 N–H and O–H groups in total. The van der Waals surface area contributed by atoms with Crippen LogP contribution in [-0.4, -0.2) is 23.5 Å². The van der Waals surface area contributed by atoms with Crippen LogP contribution in [0.3, 0.4) is 0 Å². The van der Waals surface area contributed by atoms with Gasteiger partial charge >= 0.3 is 0 Å². The zero-order valence-corrected chi connectivity index (χ0v) is 12.2. The summed E-state index contributed by atoms with van der Waals surface area (Å²) in [6.45, 7) is 0.437. The minimum absolute atomic E-state index is 0.00262. The number of hydrogen-bond acceptors (Lipinski definition) is 4. The van der Waals surface area contributed by atoms with E-state index in [4.69, 9.17) is 11.0 Å². The molecule has 0 saturated heterocycles. The normalized spacial score (nSPS) is 10.8. The fourth-order valence-corrected chi connectivity index (χ4v) is 1.78. The van der Waals surface area contributed by atoms with Crippen molar-refractivity contribution in [3.05, 3.63) is 35.4 Å². The predicted molar refractivity (Wildman–Crippen MR) is 82.4 cm³/mol. The number of carbonyl (C=O) groups excluding carboxylic acids is 2. The van der Waals surface area contributed by atoms with Crippen molar-refractivity contribution in [1.29, 1.82) is 5.26 Å². The zero-order valence-electron chi connectivity index (χ0n) is 12.2. The number of unbranched alkanes of at least 4 members (excludes halogenated alkanes) is 2. The van der Waals surface area contributed by atoms with E-state index in [1.54, 1.807) is 12.1 Å². The molecule has 1 aromatic rings. The molecule has 0 heterocycles. The van der Waals surface area contributed by atoms with Gasteiger partial charge in [-0.2, -0.15) is 5.26 Å². The monoisotopic (exact) mass is 301 g/mol. The number of nitrogens with one attached hydrogen (secondary N) is 1. The number of aromatic hydroxyl groups is 1. The highest BCUT2D eigenvalue weighted by molar-refractivity contribution is 6.01. The van der Waals surface area contributed by atoms with Gasteiger partial charge in [0.05, 0.1) is 0 Å². The molecule has 1 rings (SSSR count). The lowest BCUT2D eigenvalue weighted by Gasteiger charge is -2.04. The summed E-state index contributed by atoms with van der Waals surface area (Å²) in [5, 5.41) is 20.9. The van der Waals surface area contributed by atoms with Crippen molar-refractivity contribution >= 4 is 17.9 Å². The van der Waals surface area contributed by atoms with Crippen LogP contribution in [0, 0.1) is 11.3 Å². The molecule has 0 aliphatic rings. The van der Waals surface area contributed by atoms with E-state index in [0.717, 1.165) is 12.8 Å². The number of nitrogens with zero attached hydrogens (tertiary/aromatic N) is 1. The second-order valence-electron chi connectivity index (χ2n) is 4.79.